The number of hydrogen-bond acceptors (Lipinski definition) is 10. The summed E-state index contributed by atoms with van der Waals surface area (Å²) in [5, 5.41) is 8.17. The second kappa shape index (κ2) is 9.81. The number of nitrogens with one attached hydrogen (secondary N) is 1. The van der Waals surface area contributed by atoms with Crippen LogP contribution >= 0.6 is 0 Å². The molecule has 0 saturated heterocycles. The van der Waals surface area contributed by atoms with Gasteiger partial charge in [-0.05, 0) is 0 Å². The summed E-state index contributed by atoms with van der Waals surface area (Å²) in [5.74, 6) is 3.63. The summed E-state index contributed by atoms with van der Waals surface area (Å²) in [6, 6.07) is -0.829. The second-order valence-corrected chi connectivity index (χ2v) is 2.04. The molecule has 0 fully saturated rings. The van der Waals surface area contributed by atoms with Crippen LogP contribution in [0.25, 0.3) is 0 Å². The number of amides is 3. The van der Waals surface area contributed by atoms with Gasteiger partial charge in [0.1, 0.15) is 0 Å². The van der Waals surface area contributed by atoms with Crippen LogP contribution in [0.15, 0.2) is 0 Å². The van der Waals surface area contributed by atoms with Gasteiger partial charge in [0, 0.05) is 0 Å². The zero-order chi connectivity index (χ0) is 13.8. The Kier molecular flexibility index (Phi) is 9.63. The zero-order valence-electron chi connectivity index (χ0n) is 8.57. The monoisotopic (exact) mass is 247 g/mol. The van der Waals surface area contributed by atoms with Crippen molar-refractivity contribution in [1.82, 2.24) is 20.3 Å². The molecule has 0 unspecified atom stereocenters. The molecule has 0 aliphatic carbocycles. The molecule has 12 heteroatoms. The van der Waals surface area contributed by atoms with Crippen molar-refractivity contribution in [3.63, 3.8) is 0 Å². The van der Waals surface area contributed by atoms with Crippen molar-refractivity contribution in [2.24, 2.45) is 11.6 Å². The normalized spacial score (nSPS) is 7.65. The zero-order valence-corrected chi connectivity index (χ0v) is 8.57. The van der Waals surface area contributed by atoms with E-state index in [1.807, 2.05) is 0 Å². The van der Waals surface area contributed by atoms with Gasteiger partial charge in [0.25, 0.3) is 0 Å². The lowest BCUT2D eigenvalue weighted by molar-refractivity contribution is -0.108. The van der Waals surface area contributed by atoms with Crippen LogP contribution in [0.5, 0.6) is 0 Å². The lowest BCUT2D eigenvalue weighted by Crippen LogP contribution is -2.27. The fourth-order valence-electron chi connectivity index (χ4n) is 0.485. The van der Waals surface area contributed by atoms with Crippen molar-refractivity contribution in [1.29, 1.82) is 0 Å². The number of carbonyl (C=O) groups is 2. The molecule has 12 nitrogen and oxygen atoms in total. The van der Waals surface area contributed by atoms with Crippen molar-refractivity contribution < 1.29 is 14.8 Å². The Morgan fingerprint density at radius 2 is 1.35 bits per heavy atom. The van der Waals surface area contributed by atoms with Crippen LogP contribution in [0.1, 0.15) is 0 Å². The van der Waals surface area contributed by atoms with Gasteiger partial charge in [-0.2, -0.15) is 15.0 Å². The Labute approximate surface area is 95.2 Å². The number of carbonyl (C=O) groups excluding carboxylic acids is 2. The number of urea groups is 1. The predicted molar refractivity (Wildman–Crippen MR) is 57.8 cm³/mol. The molecule has 0 atom stereocenters. The maximum Gasteiger partial charge on any atom is 0.318 e. The Balaban J connectivity index is 0. The van der Waals surface area contributed by atoms with Gasteiger partial charge in [-0.15, -0.1) is 0 Å². The maximum atomic E-state index is 9.48. The van der Waals surface area contributed by atoms with Crippen LogP contribution in [-0.4, -0.2) is 32.6 Å². The van der Waals surface area contributed by atoms with E-state index in [2.05, 4.69) is 26.6 Å². The Morgan fingerprint density at radius 3 is 1.47 bits per heavy atom. The van der Waals surface area contributed by atoms with Crippen LogP contribution in [0.2, 0.25) is 0 Å². The minimum Gasteiger partial charge on any atom is -0.368 e. The molecular formula is C5H13N9O3. The van der Waals surface area contributed by atoms with Gasteiger partial charge in [-0.1, -0.05) is 0 Å². The highest BCUT2D eigenvalue weighted by Gasteiger charge is 1.93. The van der Waals surface area contributed by atoms with Crippen LogP contribution in [0.4, 0.5) is 22.6 Å². The number of anilines is 3. The number of imide groups is 1. The lowest BCUT2D eigenvalue weighted by atomic mass is 10.9. The molecule has 0 spiro atoms. The van der Waals surface area contributed by atoms with Gasteiger partial charge in [0.15, 0.2) is 0 Å². The smallest absolute Gasteiger partial charge is 0.318 e. The molecule has 0 radical (unpaired) electrons. The van der Waals surface area contributed by atoms with Gasteiger partial charge in [-0.3, -0.25) is 10.1 Å². The summed E-state index contributed by atoms with van der Waals surface area (Å²) in [4.78, 5) is 29.1. The Bertz CT molecular complexity index is 306. The van der Waals surface area contributed by atoms with Gasteiger partial charge in [0.05, 0.1) is 0 Å². The molecule has 0 aliphatic heterocycles. The highest BCUT2D eigenvalue weighted by Crippen LogP contribution is 1.97. The van der Waals surface area contributed by atoms with Gasteiger partial charge < -0.3 is 28.1 Å². The molecule has 1 aromatic rings. The summed E-state index contributed by atoms with van der Waals surface area (Å²) in [5.41, 5.74) is 19.8. The molecule has 1 rings (SSSR count). The van der Waals surface area contributed by atoms with E-state index < -0.39 is 6.03 Å². The summed E-state index contributed by atoms with van der Waals surface area (Å²) in [7, 11) is 0. The fraction of sp³-hybridized carbons (Fsp3) is 0. The molecule has 12 N–H and O–H groups in total. The number of primary amides is 1. The molecule has 1 aromatic heterocycles. The van der Waals surface area contributed by atoms with Crippen LogP contribution in [0, 0.1) is 0 Å². The number of rotatable bonds is 1. The molecule has 17 heavy (non-hydrogen) atoms. The molecule has 0 aliphatic rings. The van der Waals surface area contributed by atoms with Crippen molar-refractivity contribution in [2.75, 3.05) is 17.2 Å². The number of aromatic nitrogens is 3. The first-order chi connectivity index (χ1) is 7.95. The predicted octanol–water partition coefficient (Wildman–Crippen LogP) is -3.24. The second-order valence-electron chi connectivity index (χ2n) is 2.04. The molecule has 3 amide bonds. The largest absolute Gasteiger partial charge is 0.368 e. The van der Waals surface area contributed by atoms with Gasteiger partial charge in [-0.25, -0.2) is 10.7 Å². The average Bonchev–Trinajstić information content (AvgIpc) is 2.19. The highest BCUT2D eigenvalue weighted by atomic mass is 16.4. The molecule has 0 aromatic carbocycles. The quantitative estimate of drug-likeness (QED) is 0.193. The summed E-state index contributed by atoms with van der Waals surface area (Å²) in [6.07, 6.45) is 0.225. The lowest BCUT2D eigenvalue weighted by Gasteiger charge is -1.93. The van der Waals surface area contributed by atoms with Crippen molar-refractivity contribution in [2.45, 2.75) is 0 Å². The Morgan fingerprint density at radius 1 is 1.06 bits per heavy atom. The van der Waals surface area contributed by atoms with Crippen molar-refractivity contribution in [3.05, 3.63) is 0 Å². The third-order valence-electron chi connectivity index (χ3n) is 0.888. The maximum absolute atomic E-state index is 9.48. The highest BCUT2D eigenvalue weighted by molar-refractivity contribution is 5.82. The third kappa shape index (κ3) is 11.2. The van der Waals surface area contributed by atoms with E-state index in [9.17, 15) is 9.59 Å². The SMILES string of the molecule is NC(=O)NC=O.NO.Nc1nc(N)nc(N)n1. The molecular weight excluding hydrogens is 234 g/mol. The van der Waals surface area contributed by atoms with E-state index in [4.69, 9.17) is 22.4 Å². The summed E-state index contributed by atoms with van der Waals surface area (Å²) >= 11 is 0. The molecule has 1 heterocycles. The van der Waals surface area contributed by atoms with Crippen LogP contribution in [-0.2, 0) is 4.79 Å². The van der Waals surface area contributed by atoms with E-state index >= 15 is 0 Å². The first-order valence-electron chi connectivity index (χ1n) is 3.73. The number of hydrogen-bond donors (Lipinski definition) is 7. The average molecular weight is 247 g/mol. The van der Waals surface area contributed by atoms with Crippen molar-refractivity contribution >= 4 is 30.3 Å². The summed E-state index contributed by atoms with van der Waals surface area (Å²) in [6.45, 7) is 0. The number of nitrogen functional groups attached to an aromatic ring is 3. The van der Waals surface area contributed by atoms with E-state index in [0.717, 1.165) is 0 Å². The van der Waals surface area contributed by atoms with Gasteiger partial charge in [0.2, 0.25) is 24.3 Å². The first kappa shape index (κ1) is 16.7. The molecule has 96 valence electrons. The van der Waals surface area contributed by atoms with E-state index in [1.165, 1.54) is 0 Å². The third-order valence-corrected chi connectivity index (χ3v) is 0.888. The molecule has 0 bridgehead atoms. The Hall–Kier alpha value is -2.73. The fourth-order valence-corrected chi connectivity index (χ4v) is 0.485. The molecule has 0 saturated carbocycles. The van der Waals surface area contributed by atoms with E-state index in [1.54, 1.807) is 5.32 Å². The van der Waals surface area contributed by atoms with E-state index in [-0.39, 0.29) is 24.3 Å². The minimum atomic E-state index is -0.829. The van der Waals surface area contributed by atoms with E-state index in [0.29, 0.717) is 0 Å². The van der Waals surface area contributed by atoms with Crippen LogP contribution in [0.3, 0.4) is 0 Å². The summed E-state index contributed by atoms with van der Waals surface area (Å²) < 4.78 is 0. The topological polar surface area (TPSA) is 235 Å². The first-order valence-corrected chi connectivity index (χ1v) is 3.73. The number of nitrogens with two attached hydrogens (primary N) is 5. The van der Waals surface area contributed by atoms with Gasteiger partial charge >= 0.3 is 6.03 Å². The standard InChI is InChI=1S/C3H6N6.C2H4N2O2.H3NO/c4-1-7-2(5)9-3(6)8-1;3-2(6)4-1-5;1-2/h(H6,4,5,6,7,8,9);1H,(H3,3,4,5,6);2H,1H2. The van der Waals surface area contributed by atoms with Crippen LogP contribution < -0.4 is 34.1 Å². The number of nitrogens with zero attached hydrogens (tertiary/aromatic N) is 3. The minimum absolute atomic E-state index is 0.0417. The van der Waals surface area contributed by atoms with Crippen molar-refractivity contribution in [3.8, 4) is 0 Å².